The first-order valence-electron chi connectivity index (χ1n) is 11.5. The maximum Gasteiger partial charge on any atom is 0.338 e. The van der Waals surface area contributed by atoms with Crippen LogP contribution in [0.2, 0.25) is 0 Å². The summed E-state index contributed by atoms with van der Waals surface area (Å²) >= 11 is 8.30. The highest BCUT2D eigenvalue weighted by Crippen LogP contribution is 2.34. The molecule has 188 valence electrons. The van der Waals surface area contributed by atoms with Crippen LogP contribution in [0.4, 0.5) is 0 Å². The third kappa shape index (κ3) is 5.01. The Bertz CT molecular complexity index is 1540. The van der Waals surface area contributed by atoms with E-state index in [1.54, 1.807) is 31.6 Å². The zero-order valence-corrected chi connectivity index (χ0v) is 24.6. The van der Waals surface area contributed by atoms with E-state index < -0.39 is 12.0 Å². The van der Waals surface area contributed by atoms with Gasteiger partial charge >= 0.3 is 5.97 Å². The van der Waals surface area contributed by atoms with Crippen LogP contribution in [-0.4, -0.2) is 24.3 Å². The Hall–Kier alpha value is -2.49. The summed E-state index contributed by atoms with van der Waals surface area (Å²) < 4.78 is 14.6. The quantitative estimate of drug-likeness (QED) is 0.338. The van der Waals surface area contributed by atoms with Crippen molar-refractivity contribution in [3.63, 3.8) is 0 Å². The molecule has 4 rings (SSSR count). The van der Waals surface area contributed by atoms with Crippen LogP contribution >= 0.6 is 43.2 Å². The minimum absolute atomic E-state index is 0.232. The van der Waals surface area contributed by atoms with E-state index in [0.717, 1.165) is 20.1 Å². The van der Waals surface area contributed by atoms with Gasteiger partial charge in [-0.15, -0.1) is 0 Å². The van der Waals surface area contributed by atoms with E-state index in [0.29, 0.717) is 32.3 Å². The molecule has 0 unspecified atom stereocenters. The number of hydrogen-bond donors (Lipinski definition) is 0. The van der Waals surface area contributed by atoms with Gasteiger partial charge in [0.2, 0.25) is 0 Å². The van der Waals surface area contributed by atoms with Crippen LogP contribution in [-0.2, 0) is 9.53 Å². The molecule has 0 spiro atoms. The van der Waals surface area contributed by atoms with Crippen molar-refractivity contribution in [3.05, 3.63) is 93.0 Å². The summed E-state index contributed by atoms with van der Waals surface area (Å²) in [5.74, 6) is 0.513. The monoisotopic (exact) mass is 632 g/mol. The molecule has 0 radical (unpaired) electrons. The average Bonchev–Trinajstić information content (AvgIpc) is 3.12. The van der Waals surface area contributed by atoms with E-state index in [4.69, 9.17) is 9.47 Å². The number of aromatic nitrogens is 1. The Morgan fingerprint density at radius 3 is 2.53 bits per heavy atom. The lowest BCUT2D eigenvalue weighted by Gasteiger charge is -2.25. The van der Waals surface area contributed by atoms with Gasteiger partial charge in [-0.1, -0.05) is 65.4 Å². The largest absolute Gasteiger partial charge is 0.495 e. The van der Waals surface area contributed by atoms with Crippen LogP contribution in [0.5, 0.6) is 5.75 Å². The Morgan fingerprint density at radius 2 is 1.92 bits per heavy atom. The molecule has 0 saturated carbocycles. The number of hydrogen-bond acceptors (Lipinski definition) is 6. The molecule has 1 aromatic heterocycles. The second kappa shape index (κ2) is 10.9. The minimum Gasteiger partial charge on any atom is -0.495 e. The fourth-order valence-corrected chi connectivity index (χ4v) is 6.67. The summed E-state index contributed by atoms with van der Waals surface area (Å²) in [6.07, 6.45) is 1.79. The molecule has 36 heavy (non-hydrogen) atoms. The highest BCUT2D eigenvalue weighted by molar-refractivity contribution is 9.11. The number of carbonyl (C=O) groups excluding carboxylic acids is 1. The van der Waals surface area contributed by atoms with Crippen molar-refractivity contribution < 1.29 is 14.3 Å². The predicted octanol–water partition coefficient (Wildman–Crippen LogP) is 5.46. The van der Waals surface area contributed by atoms with Crippen LogP contribution in [0.25, 0.3) is 6.08 Å². The van der Waals surface area contributed by atoms with Gasteiger partial charge in [0.1, 0.15) is 5.75 Å². The van der Waals surface area contributed by atoms with Gasteiger partial charge in [-0.25, -0.2) is 9.79 Å². The van der Waals surface area contributed by atoms with Gasteiger partial charge in [0, 0.05) is 10.0 Å². The van der Waals surface area contributed by atoms with E-state index >= 15 is 0 Å². The van der Waals surface area contributed by atoms with E-state index in [2.05, 4.69) is 50.7 Å². The zero-order chi connectivity index (χ0) is 26.1. The van der Waals surface area contributed by atoms with Crippen molar-refractivity contribution in [2.45, 2.75) is 39.7 Å². The Morgan fingerprint density at radius 1 is 1.22 bits per heavy atom. The summed E-state index contributed by atoms with van der Waals surface area (Å²) in [4.78, 5) is 32.1. The predicted molar refractivity (Wildman–Crippen MR) is 149 cm³/mol. The molecule has 6 nitrogen and oxygen atoms in total. The maximum absolute atomic E-state index is 13.8. The molecule has 2 aromatic carbocycles. The molecule has 0 amide bonds. The third-order valence-electron chi connectivity index (χ3n) is 5.96. The number of rotatable bonds is 6. The SMILES string of the molecule is CCOC(=O)C1=C(C)N=c2s/c(=C\c3cc(Br)cc(Br)c3OC)c(=O)n2[C@@H]1c1ccc(C(C)C)cc1. The molecular weight excluding hydrogens is 608 g/mol. The van der Waals surface area contributed by atoms with Crippen molar-refractivity contribution in [1.82, 2.24) is 4.57 Å². The number of thiazole rings is 1. The summed E-state index contributed by atoms with van der Waals surface area (Å²) in [7, 11) is 1.59. The summed E-state index contributed by atoms with van der Waals surface area (Å²) in [6.45, 7) is 8.03. The van der Waals surface area contributed by atoms with E-state index in [1.807, 2.05) is 36.4 Å². The number of esters is 1. The van der Waals surface area contributed by atoms with Gasteiger partial charge < -0.3 is 9.47 Å². The zero-order valence-electron chi connectivity index (χ0n) is 20.6. The molecule has 1 atom stereocenters. The van der Waals surface area contributed by atoms with Crippen LogP contribution in [0.15, 0.2) is 66.4 Å². The smallest absolute Gasteiger partial charge is 0.338 e. The first kappa shape index (κ1) is 26.6. The van der Waals surface area contributed by atoms with E-state index in [-0.39, 0.29) is 12.2 Å². The number of carbonyl (C=O) groups is 1. The highest BCUT2D eigenvalue weighted by Gasteiger charge is 2.33. The van der Waals surface area contributed by atoms with Gasteiger partial charge in [-0.3, -0.25) is 9.36 Å². The van der Waals surface area contributed by atoms with Crippen molar-refractivity contribution >= 4 is 55.2 Å². The summed E-state index contributed by atoms with van der Waals surface area (Å²) in [5, 5.41) is 0. The number of halogens is 2. The lowest BCUT2D eigenvalue weighted by molar-refractivity contribution is -0.139. The second-order valence-corrected chi connectivity index (χ2v) is 11.4. The molecule has 0 fully saturated rings. The molecule has 1 aliphatic rings. The Kier molecular flexibility index (Phi) is 8.02. The number of methoxy groups -OCH3 is 1. The van der Waals surface area contributed by atoms with Gasteiger partial charge in [0.25, 0.3) is 5.56 Å². The molecule has 0 N–H and O–H groups in total. The maximum atomic E-state index is 13.8. The van der Waals surface area contributed by atoms with Crippen molar-refractivity contribution in [1.29, 1.82) is 0 Å². The fraction of sp³-hybridized carbons (Fsp3) is 0.296. The van der Waals surface area contributed by atoms with Crippen LogP contribution in [0, 0.1) is 0 Å². The van der Waals surface area contributed by atoms with E-state index in [1.165, 1.54) is 16.9 Å². The van der Waals surface area contributed by atoms with Crippen molar-refractivity contribution in [2.75, 3.05) is 13.7 Å². The van der Waals surface area contributed by atoms with Gasteiger partial charge in [-0.2, -0.15) is 0 Å². The molecule has 0 saturated heterocycles. The summed E-state index contributed by atoms with van der Waals surface area (Å²) in [6, 6.07) is 11.2. The average molecular weight is 634 g/mol. The number of allylic oxidation sites excluding steroid dienone is 1. The molecule has 3 aromatic rings. The third-order valence-corrected chi connectivity index (χ3v) is 7.99. The van der Waals surface area contributed by atoms with Gasteiger partial charge in [0.05, 0.1) is 40.0 Å². The topological polar surface area (TPSA) is 69.9 Å². The second-order valence-electron chi connectivity index (χ2n) is 8.63. The molecule has 9 heteroatoms. The summed E-state index contributed by atoms with van der Waals surface area (Å²) in [5.41, 5.74) is 3.43. The number of fused-ring (bicyclic) bond motifs is 1. The normalized spacial score (nSPS) is 15.7. The minimum atomic E-state index is -0.639. The first-order chi connectivity index (χ1) is 17.2. The fourth-order valence-electron chi connectivity index (χ4n) is 4.21. The van der Waals surface area contributed by atoms with E-state index in [9.17, 15) is 9.59 Å². The molecular formula is C27H26Br2N2O4S. The molecule has 2 heterocycles. The van der Waals surface area contributed by atoms with Gasteiger partial charge in [0.15, 0.2) is 4.80 Å². The molecule has 0 aliphatic carbocycles. The lowest BCUT2D eigenvalue weighted by Crippen LogP contribution is -2.39. The molecule has 0 bridgehead atoms. The lowest BCUT2D eigenvalue weighted by atomic mass is 9.93. The highest BCUT2D eigenvalue weighted by atomic mass is 79.9. The van der Waals surface area contributed by atoms with Crippen LogP contribution in [0.3, 0.4) is 0 Å². The standard InChI is InChI=1S/C27H26Br2N2O4S/c1-6-35-26(33)22-15(4)30-27-31(23(22)17-9-7-16(8-10-17)14(2)3)25(32)21(36-27)12-18-11-19(28)13-20(29)24(18)34-5/h7-14,23H,6H2,1-5H3/b21-12-/t23-/m1/s1. The Labute approximate surface area is 230 Å². The number of benzene rings is 2. The van der Waals surface area contributed by atoms with Crippen LogP contribution in [0.1, 0.15) is 56.3 Å². The van der Waals surface area contributed by atoms with Crippen molar-refractivity contribution in [2.24, 2.45) is 4.99 Å². The van der Waals surface area contributed by atoms with Gasteiger partial charge in [-0.05, 0) is 65.0 Å². The van der Waals surface area contributed by atoms with Crippen molar-refractivity contribution in [3.8, 4) is 5.75 Å². The molecule has 1 aliphatic heterocycles. The Balaban J connectivity index is 1.97. The number of nitrogens with zero attached hydrogens (tertiary/aromatic N) is 2. The first-order valence-corrected chi connectivity index (χ1v) is 13.9. The van der Waals surface area contributed by atoms with Crippen LogP contribution < -0.4 is 19.6 Å². The number of ether oxygens (including phenoxy) is 2.